The van der Waals surface area contributed by atoms with Crippen molar-refractivity contribution in [2.45, 2.75) is 6.29 Å². The van der Waals surface area contributed by atoms with E-state index in [1.54, 1.807) is 0 Å². The van der Waals surface area contributed by atoms with E-state index in [0.717, 1.165) is 6.07 Å². The van der Waals surface area contributed by atoms with Gasteiger partial charge in [0.25, 0.3) is 0 Å². The van der Waals surface area contributed by atoms with Crippen LogP contribution in [0, 0.1) is 5.82 Å². The van der Waals surface area contributed by atoms with Crippen molar-refractivity contribution in [2.75, 3.05) is 21.3 Å². The van der Waals surface area contributed by atoms with Crippen LogP contribution in [0.4, 0.5) is 4.39 Å². The summed E-state index contributed by atoms with van der Waals surface area (Å²) in [5.74, 6) is -0.950. The lowest BCUT2D eigenvalue weighted by atomic mass is 10.1. The maximum Gasteiger partial charge on any atom is 0.222 e. The fraction of sp³-hybridized carbons (Fsp3) is 0.364. The Morgan fingerprint density at radius 1 is 1.25 bits per heavy atom. The zero-order valence-electron chi connectivity index (χ0n) is 9.32. The smallest absolute Gasteiger partial charge is 0.222 e. The van der Waals surface area contributed by atoms with Crippen molar-refractivity contribution in [1.29, 1.82) is 0 Å². The van der Waals surface area contributed by atoms with Crippen LogP contribution < -0.4 is 4.74 Å². The maximum absolute atomic E-state index is 13.3. The molecule has 0 fully saturated rings. The molecular formula is C11H13FO4. The van der Waals surface area contributed by atoms with Gasteiger partial charge in [-0.2, -0.15) is 0 Å². The minimum Gasteiger partial charge on any atom is -0.494 e. The molecule has 0 spiro atoms. The second-order valence-electron chi connectivity index (χ2n) is 3.02. The lowest BCUT2D eigenvalue weighted by Crippen LogP contribution is -2.25. The third-order valence-electron chi connectivity index (χ3n) is 2.08. The first-order chi connectivity index (χ1) is 7.63. The van der Waals surface area contributed by atoms with Crippen LogP contribution in [0.3, 0.4) is 0 Å². The number of methoxy groups -OCH3 is 3. The predicted octanol–water partition coefficient (Wildman–Crippen LogP) is 1.64. The van der Waals surface area contributed by atoms with Gasteiger partial charge in [0.05, 0.1) is 7.11 Å². The predicted molar refractivity (Wildman–Crippen MR) is 55.1 cm³/mol. The van der Waals surface area contributed by atoms with Gasteiger partial charge in [-0.05, 0) is 18.2 Å². The van der Waals surface area contributed by atoms with Crippen LogP contribution in [0.5, 0.6) is 5.75 Å². The van der Waals surface area contributed by atoms with Crippen molar-refractivity contribution >= 4 is 5.78 Å². The summed E-state index contributed by atoms with van der Waals surface area (Å²) in [7, 11) is 4.03. The van der Waals surface area contributed by atoms with Crippen molar-refractivity contribution in [1.82, 2.24) is 0 Å². The van der Waals surface area contributed by atoms with E-state index in [9.17, 15) is 9.18 Å². The number of carbonyl (C=O) groups excluding carboxylic acids is 1. The van der Waals surface area contributed by atoms with Crippen molar-refractivity contribution < 1.29 is 23.4 Å². The van der Waals surface area contributed by atoms with Gasteiger partial charge in [0.2, 0.25) is 12.1 Å². The Labute approximate surface area is 92.9 Å². The molecule has 1 rings (SSSR count). The Morgan fingerprint density at radius 2 is 1.88 bits per heavy atom. The van der Waals surface area contributed by atoms with Gasteiger partial charge in [0, 0.05) is 19.8 Å². The summed E-state index contributed by atoms with van der Waals surface area (Å²) in [4.78, 5) is 11.7. The molecule has 0 atom stereocenters. The van der Waals surface area contributed by atoms with E-state index in [1.807, 2.05) is 0 Å². The highest BCUT2D eigenvalue weighted by atomic mass is 19.1. The average Bonchev–Trinajstić information content (AvgIpc) is 2.30. The quantitative estimate of drug-likeness (QED) is 0.567. The average molecular weight is 228 g/mol. The van der Waals surface area contributed by atoms with Crippen LogP contribution in [0.25, 0.3) is 0 Å². The van der Waals surface area contributed by atoms with Crippen molar-refractivity contribution in [2.24, 2.45) is 0 Å². The molecule has 16 heavy (non-hydrogen) atoms. The molecule has 0 N–H and O–H groups in total. The first kappa shape index (κ1) is 12.6. The normalized spacial score (nSPS) is 10.6. The molecule has 1 aromatic rings. The minimum absolute atomic E-state index is 0.0860. The summed E-state index contributed by atoms with van der Waals surface area (Å²) in [6.45, 7) is 0. The molecule has 0 radical (unpaired) electrons. The molecule has 4 nitrogen and oxygen atoms in total. The summed E-state index contributed by atoms with van der Waals surface area (Å²) >= 11 is 0. The van der Waals surface area contributed by atoms with Gasteiger partial charge >= 0.3 is 0 Å². The van der Waals surface area contributed by atoms with E-state index in [-0.39, 0.29) is 11.3 Å². The number of rotatable bonds is 5. The molecule has 0 saturated carbocycles. The van der Waals surface area contributed by atoms with Crippen LogP contribution in [0.15, 0.2) is 18.2 Å². The highest BCUT2D eigenvalue weighted by Crippen LogP contribution is 2.19. The Hall–Kier alpha value is -1.46. The summed E-state index contributed by atoms with van der Waals surface area (Å²) in [6.07, 6.45) is -1.02. The molecule has 0 unspecified atom stereocenters. The van der Waals surface area contributed by atoms with Gasteiger partial charge in [0.1, 0.15) is 0 Å². The topological polar surface area (TPSA) is 44.8 Å². The SMILES string of the molecule is COc1ccc(C(=O)C(OC)OC)cc1F. The summed E-state index contributed by atoms with van der Waals surface area (Å²) in [6, 6.07) is 3.92. The zero-order valence-corrected chi connectivity index (χ0v) is 9.32. The van der Waals surface area contributed by atoms with Gasteiger partial charge in [-0.1, -0.05) is 0 Å². The molecule has 0 heterocycles. The van der Waals surface area contributed by atoms with Gasteiger partial charge in [-0.25, -0.2) is 4.39 Å². The Balaban J connectivity index is 2.96. The highest BCUT2D eigenvalue weighted by molar-refractivity contribution is 5.98. The number of hydrogen-bond acceptors (Lipinski definition) is 4. The number of benzene rings is 1. The molecular weight excluding hydrogens is 215 g/mol. The van der Waals surface area contributed by atoms with Gasteiger partial charge in [0.15, 0.2) is 11.6 Å². The number of hydrogen-bond donors (Lipinski definition) is 0. The molecule has 0 aromatic heterocycles. The van der Waals surface area contributed by atoms with Gasteiger partial charge in [-0.15, -0.1) is 0 Å². The first-order valence-corrected chi connectivity index (χ1v) is 4.57. The fourth-order valence-corrected chi connectivity index (χ4v) is 1.27. The van der Waals surface area contributed by atoms with Crippen molar-refractivity contribution in [3.8, 4) is 5.75 Å². The zero-order chi connectivity index (χ0) is 12.1. The van der Waals surface area contributed by atoms with Crippen LogP contribution >= 0.6 is 0 Å². The molecule has 0 aliphatic heterocycles. The van der Waals surface area contributed by atoms with Gasteiger partial charge < -0.3 is 14.2 Å². The van der Waals surface area contributed by atoms with Crippen LogP contribution in [0.2, 0.25) is 0 Å². The molecule has 0 aliphatic carbocycles. The van der Waals surface area contributed by atoms with E-state index in [1.165, 1.54) is 33.5 Å². The number of Topliss-reactive ketones (excluding diaryl/α,β-unsaturated/α-hetero) is 1. The van der Waals surface area contributed by atoms with Crippen LogP contribution in [0.1, 0.15) is 10.4 Å². The molecule has 0 bridgehead atoms. The van der Waals surface area contributed by atoms with E-state index in [0.29, 0.717) is 0 Å². The maximum atomic E-state index is 13.3. The summed E-state index contributed by atoms with van der Waals surface area (Å²) < 4.78 is 27.6. The highest BCUT2D eigenvalue weighted by Gasteiger charge is 2.20. The van der Waals surface area contributed by atoms with Crippen LogP contribution in [-0.4, -0.2) is 33.4 Å². The van der Waals surface area contributed by atoms with Crippen molar-refractivity contribution in [3.63, 3.8) is 0 Å². The standard InChI is InChI=1S/C11H13FO4/c1-14-9-5-4-7(6-8(9)12)10(13)11(15-2)16-3/h4-6,11H,1-3H3. The molecule has 88 valence electrons. The number of ketones is 1. The van der Waals surface area contributed by atoms with E-state index >= 15 is 0 Å². The molecule has 0 saturated heterocycles. The lowest BCUT2D eigenvalue weighted by molar-refractivity contribution is -0.0742. The second-order valence-corrected chi connectivity index (χ2v) is 3.02. The molecule has 5 heteroatoms. The molecule has 0 aliphatic rings. The summed E-state index contributed by atoms with van der Waals surface area (Å²) in [5.41, 5.74) is 0.173. The molecule has 0 amide bonds. The third kappa shape index (κ3) is 2.56. The Morgan fingerprint density at radius 3 is 2.31 bits per heavy atom. The third-order valence-corrected chi connectivity index (χ3v) is 2.08. The van der Waals surface area contributed by atoms with Crippen LogP contribution in [-0.2, 0) is 9.47 Å². The van der Waals surface area contributed by atoms with E-state index in [4.69, 9.17) is 14.2 Å². The van der Waals surface area contributed by atoms with E-state index in [2.05, 4.69) is 0 Å². The second kappa shape index (κ2) is 5.58. The Kier molecular flexibility index (Phi) is 4.39. The van der Waals surface area contributed by atoms with E-state index < -0.39 is 17.9 Å². The van der Waals surface area contributed by atoms with Crippen molar-refractivity contribution in [3.05, 3.63) is 29.6 Å². The number of halogens is 1. The Bertz CT molecular complexity index is 374. The summed E-state index contributed by atoms with van der Waals surface area (Å²) in [5, 5.41) is 0. The fourth-order valence-electron chi connectivity index (χ4n) is 1.27. The number of carbonyl (C=O) groups is 1. The lowest BCUT2D eigenvalue weighted by Gasteiger charge is -2.12. The van der Waals surface area contributed by atoms with Gasteiger partial charge in [-0.3, -0.25) is 4.79 Å². The molecule has 1 aromatic carbocycles. The monoisotopic (exact) mass is 228 g/mol. The number of ether oxygens (including phenoxy) is 3. The first-order valence-electron chi connectivity index (χ1n) is 4.57. The minimum atomic E-state index is -1.02. The largest absolute Gasteiger partial charge is 0.494 e.